The Morgan fingerprint density at radius 2 is 2.09 bits per heavy atom. The lowest BCUT2D eigenvalue weighted by Gasteiger charge is -2.07. The summed E-state index contributed by atoms with van der Waals surface area (Å²) in [4.78, 5) is 8.82. The fourth-order valence-corrected chi connectivity index (χ4v) is 2.36. The van der Waals surface area contributed by atoms with Crippen LogP contribution in [0, 0.1) is 0 Å². The third-order valence-corrected chi connectivity index (χ3v) is 3.39. The van der Waals surface area contributed by atoms with Crippen molar-refractivity contribution in [3.8, 4) is 17.1 Å². The van der Waals surface area contributed by atoms with Crippen molar-refractivity contribution in [3.05, 3.63) is 48.4 Å². The van der Waals surface area contributed by atoms with Crippen LogP contribution in [0.1, 0.15) is 31.5 Å². The van der Waals surface area contributed by atoms with Crippen molar-refractivity contribution < 1.29 is 9.26 Å². The largest absolute Gasteiger partial charge is 0.496 e. The molecule has 0 aliphatic carbocycles. The quantitative estimate of drug-likeness (QED) is 0.724. The van der Waals surface area contributed by atoms with Crippen LogP contribution in [0.5, 0.6) is 5.75 Å². The van der Waals surface area contributed by atoms with Gasteiger partial charge >= 0.3 is 0 Å². The highest BCUT2D eigenvalue weighted by Crippen LogP contribution is 2.27. The first-order chi connectivity index (χ1) is 10.7. The number of hydrogen-bond donors (Lipinski definition) is 0. The predicted molar refractivity (Wildman–Crippen MR) is 81.7 cm³/mol. The topological polar surface area (TPSA) is 66.0 Å². The zero-order chi connectivity index (χ0) is 15.5. The number of aromatic nitrogens is 4. The summed E-state index contributed by atoms with van der Waals surface area (Å²) in [5, 5.41) is 4.05. The van der Waals surface area contributed by atoms with Crippen LogP contribution in [-0.2, 0) is 6.54 Å². The molecule has 6 heteroatoms. The van der Waals surface area contributed by atoms with Gasteiger partial charge in [0.2, 0.25) is 11.7 Å². The van der Waals surface area contributed by atoms with E-state index in [-0.39, 0.29) is 0 Å². The van der Waals surface area contributed by atoms with Crippen LogP contribution in [-0.4, -0.2) is 26.8 Å². The summed E-state index contributed by atoms with van der Waals surface area (Å²) >= 11 is 0. The molecule has 1 aromatic carbocycles. The van der Waals surface area contributed by atoms with Crippen LogP contribution in [0.3, 0.4) is 0 Å². The number of rotatable bonds is 5. The molecule has 3 rings (SSSR count). The van der Waals surface area contributed by atoms with Crippen LogP contribution in [0.4, 0.5) is 0 Å². The van der Waals surface area contributed by atoms with Crippen LogP contribution in [0.2, 0.25) is 0 Å². The molecular formula is C16H18N4O2. The molecule has 0 N–H and O–H groups in total. The second-order valence-electron chi connectivity index (χ2n) is 5.28. The first-order valence-electron chi connectivity index (χ1n) is 7.16. The summed E-state index contributed by atoms with van der Waals surface area (Å²) in [7, 11) is 1.63. The predicted octanol–water partition coefficient (Wildman–Crippen LogP) is 3.11. The average Bonchev–Trinajstić information content (AvgIpc) is 3.17. The molecular weight excluding hydrogens is 280 g/mol. The first-order valence-corrected chi connectivity index (χ1v) is 7.16. The summed E-state index contributed by atoms with van der Waals surface area (Å²) < 4.78 is 12.7. The minimum atomic E-state index is 0.339. The van der Waals surface area contributed by atoms with E-state index in [4.69, 9.17) is 9.26 Å². The molecule has 0 amide bonds. The molecule has 0 fully saturated rings. The van der Waals surface area contributed by atoms with Gasteiger partial charge in [0.05, 0.1) is 12.7 Å². The molecule has 3 aromatic rings. The molecule has 0 radical (unpaired) electrons. The molecule has 114 valence electrons. The Bertz CT molecular complexity index is 761. The summed E-state index contributed by atoms with van der Waals surface area (Å²) in [6.07, 6.45) is 3.70. The molecule has 0 spiro atoms. The summed E-state index contributed by atoms with van der Waals surface area (Å²) in [6, 6.07) is 7.60. The van der Waals surface area contributed by atoms with Gasteiger partial charge in [0, 0.05) is 18.3 Å². The molecule has 0 saturated heterocycles. The Morgan fingerprint density at radius 1 is 1.27 bits per heavy atom. The van der Waals surface area contributed by atoms with Crippen LogP contribution >= 0.6 is 0 Å². The van der Waals surface area contributed by atoms with Gasteiger partial charge in [-0.25, -0.2) is 4.98 Å². The molecule has 0 unspecified atom stereocenters. The lowest BCUT2D eigenvalue weighted by Crippen LogP contribution is -2.06. The van der Waals surface area contributed by atoms with Crippen molar-refractivity contribution >= 4 is 0 Å². The number of benzene rings is 1. The van der Waals surface area contributed by atoms with E-state index in [1.54, 1.807) is 13.3 Å². The Kier molecular flexibility index (Phi) is 3.91. The van der Waals surface area contributed by atoms with E-state index in [2.05, 4.69) is 29.0 Å². The average molecular weight is 298 g/mol. The van der Waals surface area contributed by atoms with E-state index in [1.807, 2.05) is 35.0 Å². The number of nitrogens with zero attached hydrogens (tertiary/aromatic N) is 4. The third-order valence-electron chi connectivity index (χ3n) is 3.39. The lowest BCUT2D eigenvalue weighted by atomic mass is 10.2. The van der Waals surface area contributed by atoms with E-state index < -0.39 is 0 Å². The highest BCUT2D eigenvalue weighted by Gasteiger charge is 2.15. The number of hydrogen-bond acceptors (Lipinski definition) is 5. The van der Waals surface area contributed by atoms with Crippen LogP contribution < -0.4 is 4.74 Å². The third kappa shape index (κ3) is 2.72. The van der Waals surface area contributed by atoms with Crippen LogP contribution in [0.15, 0.2) is 41.2 Å². The maximum absolute atomic E-state index is 5.36. The SMILES string of the molecule is COc1ccccc1-c1noc(Cn2ccnc2C(C)C)n1. The molecule has 0 bridgehead atoms. The van der Waals surface area contributed by atoms with Crippen molar-refractivity contribution in [1.82, 2.24) is 19.7 Å². The van der Waals surface area contributed by atoms with Gasteiger partial charge in [0.1, 0.15) is 18.1 Å². The van der Waals surface area contributed by atoms with Gasteiger partial charge < -0.3 is 13.8 Å². The number of ether oxygens (including phenoxy) is 1. The zero-order valence-corrected chi connectivity index (χ0v) is 12.9. The number of para-hydroxylation sites is 1. The fourth-order valence-electron chi connectivity index (χ4n) is 2.36. The van der Waals surface area contributed by atoms with Gasteiger partial charge in [-0.3, -0.25) is 0 Å². The molecule has 2 aromatic heterocycles. The molecule has 0 aliphatic heterocycles. The van der Waals surface area contributed by atoms with Crippen molar-refractivity contribution in [3.63, 3.8) is 0 Å². The Balaban J connectivity index is 1.86. The second-order valence-corrected chi connectivity index (χ2v) is 5.28. The standard InChI is InChI=1S/C16H18N4O2/c1-11(2)16-17-8-9-20(16)10-14-18-15(19-22-14)12-6-4-5-7-13(12)21-3/h4-9,11H,10H2,1-3H3. The van der Waals surface area contributed by atoms with Crippen molar-refractivity contribution in [1.29, 1.82) is 0 Å². The van der Waals surface area contributed by atoms with E-state index in [0.29, 0.717) is 24.2 Å². The van der Waals surface area contributed by atoms with Crippen molar-refractivity contribution in [2.45, 2.75) is 26.3 Å². The highest BCUT2D eigenvalue weighted by molar-refractivity contribution is 5.63. The van der Waals surface area contributed by atoms with E-state index in [0.717, 1.165) is 17.1 Å². The van der Waals surface area contributed by atoms with Crippen molar-refractivity contribution in [2.75, 3.05) is 7.11 Å². The Labute approximate surface area is 128 Å². The van der Waals surface area contributed by atoms with Gasteiger partial charge in [-0.15, -0.1) is 0 Å². The molecule has 22 heavy (non-hydrogen) atoms. The van der Waals surface area contributed by atoms with Gasteiger partial charge in [-0.05, 0) is 12.1 Å². The molecule has 0 saturated carbocycles. The van der Waals surface area contributed by atoms with Crippen LogP contribution in [0.25, 0.3) is 11.4 Å². The summed E-state index contributed by atoms with van der Waals surface area (Å²) in [5.41, 5.74) is 0.815. The fraction of sp³-hybridized carbons (Fsp3) is 0.312. The Morgan fingerprint density at radius 3 is 2.86 bits per heavy atom. The second kappa shape index (κ2) is 6.01. The van der Waals surface area contributed by atoms with Gasteiger partial charge in [-0.2, -0.15) is 4.98 Å². The minimum Gasteiger partial charge on any atom is -0.496 e. The first kappa shape index (κ1) is 14.3. The van der Waals surface area contributed by atoms with Crippen molar-refractivity contribution in [2.24, 2.45) is 0 Å². The Hall–Kier alpha value is -2.63. The zero-order valence-electron chi connectivity index (χ0n) is 12.9. The van der Waals surface area contributed by atoms with Gasteiger partial charge in [0.15, 0.2) is 0 Å². The lowest BCUT2D eigenvalue weighted by molar-refractivity contribution is 0.368. The molecule has 6 nitrogen and oxygen atoms in total. The maximum atomic E-state index is 5.36. The van der Waals surface area contributed by atoms with E-state index in [9.17, 15) is 0 Å². The van der Waals surface area contributed by atoms with E-state index in [1.165, 1.54) is 0 Å². The number of methoxy groups -OCH3 is 1. The molecule has 0 atom stereocenters. The van der Waals surface area contributed by atoms with Gasteiger partial charge in [0.25, 0.3) is 0 Å². The minimum absolute atomic E-state index is 0.339. The highest BCUT2D eigenvalue weighted by atomic mass is 16.5. The molecule has 0 aliphatic rings. The number of imidazole rings is 1. The van der Waals surface area contributed by atoms with E-state index >= 15 is 0 Å². The monoisotopic (exact) mass is 298 g/mol. The van der Waals surface area contributed by atoms with Gasteiger partial charge in [-0.1, -0.05) is 31.1 Å². The molecule has 2 heterocycles. The maximum Gasteiger partial charge on any atom is 0.246 e. The normalized spacial score (nSPS) is 11.1. The summed E-state index contributed by atoms with van der Waals surface area (Å²) in [6.45, 7) is 4.72. The summed E-state index contributed by atoms with van der Waals surface area (Å²) in [5.74, 6) is 3.13. The smallest absolute Gasteiger partial charge is 0.246 e.